The van der Waals surface area contributed by atoms with Crippen molar-refractivity contribution >= 4 is 52.5 Å². The lowest BCUT2D eigenvalue weighted by Gasteiger charge is -2.31. The Kier molecular flexibility index (Phi) is 10.1. The van der Waals surface area contributed by atoms with Crippen molar-refractivity contribution in [2.45, 2.75) is 44.2 Å². The smallest absolute Gasteiger partial charge is 0.326 e. The van der Waals surface area contributed by atoms with Crippen molar-refractivity contribution in [3.8, 4) is 22.8 Å². The maximum atomic E-state index is 13.4. The molecule has 2 bridgehead atoms. The van der Waals surface area contributed by atoms with E-state index in [0.717, 1.165) is 12.3 Å². The first-order valence-corrected chi connectivity index (χ1v) is 15.6. The zero-order valence-corrected chi connectivity index (χ0v) is 26.0. The molecule has 4 atom stereocenters. The number of rotatable bonds is 14. The molecular formula is C31H34N4O7S2. The largest absolute Gasteiger partial charge is 0.493 e. The van der Waals surface area contributed by atoms with Crippen LogP contribution in [0.25, 0.3) is 17.4 Å². The number of carbonyl (C=O) groups excluding carboxylic acids is 2. The number of amides is 2. The van der Waals surface area contributed by atoms with E-state index in [0.29, 0.717) is 39.4 Å². The van der Waals surface area contributed by atoms with Crippen LogP contribution in [0, 0.1) is 11.8 Å². The van der Waals surface area contributed by atoms with Crippen LogP contribution in [0.15, 0.2) is 52.2 Å². The van der Waals surface area contributed by atoms with E-state index in [1.54, 1.807) is 36.4 Å². The zero-order valence-electron chi connectivity index (χ0n) is 24.4. The van der Waals surface area contributed by atoms with Gasteiger partial charge in [0.25, 0.3) is 11.8 Å². The van der Waals surface area contributed by atoms with E-state index >= 15 is 0 Å². The maximum absolute atomic E-state index is 13.4. The van der Waals surface area contributed by atoms with Gasteiger partial charge < -0.3 is 34.2 Å². The minimum absolute atomic E-state index is 0.0449. The SMILES string of the molecule is COc1ccc(-c2ccc(/C=C(\SC=S)C(=O)N(C)C3CC4CCC3C4)o2)cc1OCC(=O)NC(Cc1cnc[nH]1)C(=O)O. The highest BCUT2D eigenvalue weighted by Crippen LogP contribution is 2.46. The van der Waals surface area contributed by atoms with Gasteiger partial charge >= 0.3 is 5.97 Å². The minimum atomic E-state index is -1.18. The number of imidazole rings is 1. The summed E-state index contributed by atoms with van der Waals surface area (Å²) in [5.41, 5.74) is 1.23. The number of furan rings is 1. The number of ether oxygens (including phenoxy) is 2. The molecule has 0 aliphatic heterocycles. The molecule has 3 aromatic rings. The number of thioether (sulfide) groups is 1. The number of aromatic amines is 1. The van der Waals surface area contributed by atoms with Gasteiger partial charge in [0, 0.05) is 47.7 Å². The lowest BCUT2D eigenvalue weighted by molar-refractivity contribution is -0.142. The number of hydrogen-bond acceptors (Lipinski definition) is 9. The zero-order chi connectivity index (χ0) is 31.2. The van der Waals surface area contributed by atoms with Gasteiger partial charge in [-0.2, -0.15) is 0 Å². The van der Waals surface area contributed by atoms with Crippen LogP contribution in [0.5, 0.6) is 11.5 Å². The molecule has 232 valence electrons. The summed E-state index contributed by atoms with van der Waals surface area (Å²) in [6.07, 6.45) is 9.39. The van der Waals surface area contributed by atoms with Gasteiger partial charge in [0.2, 0.25) is 0 Å². The number of carboxylic acids is 1. The van der Waals surface area contributed by atoms with Gasteiger partial charge in [-0.1, -0.05) is 30.4 Å². The number of methoxy groups -OCH3 is 1. The third-order valence-electron chi connectivity index (χ3n) is 8.22. The van der Waals surface area contributed by atoms with Crippen molar-refractivity contribution in [1.82, 2.24) is 20.2 Å². The first-order valence-electron chi connectivity index (χ1n) is 14.2. The number of carboxylic acid groups (broad SMARTS) is 1. The number of thiocarbonyl (C=S) groups is 1. The Morgan fingerprint density at radius 1 is 1.25 bits per heavy atom. The van der Waals surface area contributed by atoms with Gasteiger partial charge in [0.05, 0.1) is 18.3 Å². The Morgan fingerprint density at radius 3 is 2.75 bits per heavy atom. The number of H-pyrrole nitrogens is 1. The second-order valence-corrected chi connectivity index (χ2v) is 12.4. The van der Waals surface area contributed by atoms with Crippen molar-refractivity contribution < 1.29 is 33.4 Å². The second-order valence-electron chi connectivity index (χ2n) is 11.0. The van der Waals surface area contributed by atoms with Crippen LogP contribution in [0.3, 0.4) is 0 Å². The molecule has 2 aromatic heterocycles. The Hall–Kier alpha value is -4.10. The molecule has 4 unspecified atom stereocenters. The second kappa shape index (κ2) is 14.1. The van der Waals surface area contributed by atoms with E-state index in [9.17, 15) is 19.5 Å². The summed E-state index contributed by atoms with van der Waals surface area (Å²) in [7, 11) is 3.35. The highest BCUT2D eigenvalue weighted by Gasteiger charge is 2.43. The van der Waals surface area contributed by atoms with Crippen LogP contribution < -0.4 is 14.8 Å². The molecule has 13 heteroatoms. The van der Waals surface area contributed by atoms with Crippen molar-refractivity contribution in [3.63, 3.8) is 0 Å². The van der Waals surface area contributed by atoms with Crippen molar-refractivity contribution in [1.29, 1.82) is 0 Å². The Morgan fingerprint density at radius 2 is 2.09 bits per heavy atom. The summed E-state index contributed by atoms with van der Waals surface area (Å²) in [5, 5.41) is 12.0. The van der Waals surface area contributed by atoms with Crippen LogP contribution in [0.2, 0.25) is 0 Å². The standard InChI is InChI=1S/C31H34N4O7S2/c1-35(24-10-18-3-4-19(24)9-18)30(37)28(44-17-43)13-22-6-8-25(42-22)20-5-7-26(40-2)27(11-20)41-15-29(36)34-23(31(38)39)12-21-14-32-16-33-21/h5-8,11,13-14,16-19,23-24H,3-4,9-10,12,15H2,1-2H3,(H,32,33)(H,34,36)(H,38,39)/b28-13-. The van der Waals surface area contributed by atoms with E-state index in [4.69, 9.17) is 26.1 Å². The Labute approximate surface area is 264 Å². The minimum Gasteiger partial charge on any atom is -0.493 e. The van der Waals surface area contributed by atoms with E-state index in [2.05, 4.69) is 15.3 Å². The molecule has 5 rings (SSSR count). The third kappa shape index (κ3) is 7.33. The van der Waals surface area contributed by atoms with Crippen LogP contribution in [-0.4, -0.2) is 75.3 Å². The first-order chi connectivity index (χ1) is 21.2. The Bertz CT molecular complexity index is 1540. The summed E-state index contributed by atoms with van der Waals surface area (Å²) < 4.78 is 18.7. The topological polar surface area (TPSA) is 147 Å². The maximum Gasteiger partial charge on any atom is 0.326 e. The van der Waals surface area contributed by atoms with Gasteiger partial charge in [-0.3, -0.25) is 9.59 Å². The number of nitrogens with zero attached hydrogens (tertiary/aromatic N) is 2. The fraction of sp³-hybridized carbons (Fsp3) is 0.387. The van der Waals surface area contributed by atoms with E-state index in [1.807, 2.05) is 11.9 Å². The third-order valence-corrected chi connectivity index (χ3v) is 9.15. The summed E-state index contributed by atoms with van der Waals surface area (Å²) in [6, 6.07) is 7.78. The number of aliphatic carboxylic acids is 1. The Balaban J connectivity index is 1.26. The number of carbonyl (C=O) groups is 3. The number of aromatic nitrogens is 2. The molecule has 0 spiro atoms. The molecular weight excluding hydrogens is 604 g/mol. The molecule has 2 saturated carbocycles. The van der Waals surface area contributed by atoms with Crippen LogP contribution in [0.1, 0.15) is 37.1 Å². The molecule has 3 N–H and O–H groups in total. The average molecular weight is 639 g/mol. The van der Waals surface area contributed by atoms with Crippen LogP contribution in [0.4, 0.5) is 0 Å². The molecule has 2 heterocycles. The van der Waals surface area contributed by atoms with E-state index in [-0.39, 0.29) is 24.1 Å². The predicted molar refractivity (Wildman–Crippen MR) is 169 cm³/mol. The number of likely N-dealkylation sites (N-methyl/N-ethyl adjacent to an activating group) is 1. The van der Waals surface area contributed by atoms with Crippen LogP contribution in [-0.2, 0) is 20.8 Å². The van der Waals surface area contributed by atoms with Gasteiger partial charge in [-0.05, 0) is 61.4 Å². The normalized spacial score (nSPS) is 19.8. The van der Waals surface area contributed by atoms with Gasteiger partial charge in [0.15, 0.2) is 18.1 Å². The lowest BCUT2D eigenvalue weighted by Crippen LogP contribution is -2.44. The summed E-state index contributed by atoms with van der Waals surface area (Å²) in [5.74, 6) is 1.09. The molecule has 2 fully saturated rings. The molecule has 1 aromatic carbocycles. The molecule has 11 nitrogen and oxygen atoms in total. The molecule has 2 aliphatic carbocycles. The van der Waals surface area contributed by atoms with Crippen molar-refractivity contribution in [2.24, 2.45) is 11.8 Å². The predicted octanol–water partition coefficient (Wildman–Crippen LogP) is 4.55. The van der Waals surface area contributed by atoms with Crippen LogP contribution >= 0.6 is 24.0 Å². The number of fused-ring (bicyclic) bond motifs is 2. The van der Waals surface area contributed by atoms with Crippen molar-refractivity contribution in [3.05, 3.63) is 59.2 Å². The number of nitrogens with one attached hydrogen (secondary N) is 2. The quantitative estimate of drug-likeness (QED) is 0.170. The highest BCUT2D eigenvalue weighted by molar-refractivity contribution is 8.24. The molecule has 2 aliphatic rings. The summed E-state index contributed by atoms with van der Waals surface area (Å²) in [6.45, 7) is -0.435. The first kappa shape index (κ1) is 31.3. The van der Waals surface area contributed by atoms with E-state index in [1.165, 1.54) is 55.4 Å². The lowest BCUT2D eigenvalue weighted by atomic mass is 9.94. The highest BCUT2D eigenvalue weighted by atomic mass is 32.2. The van der Waals surface area contributed by atoms with Crippen molar-refractivity contribution in [2.75, 3.05) is 20.8 Å². The van der Waals surface area contributed by atoms with E-state index < -0.39 is 24.5 Å². The number of hydrogen-bond donors (Lipinski definition) is 3. The summed E-state index contributed by atoms with van der Waals surface area (Å²) >= 11 is 6.27. The molecule has 0 saturated heterocycles. The number of benzene rings is 1. The monoisotopic (exact) mass is 638 g/mol. The average Bonchev–Trinajstić information content (AvgIpc) is 3.85. The molecule has 44 heavy (non-hydrogen) atoms. The fourth-order valence-electron chi connectivity index (χ4n) is 6.06. The van der Waals surface area contributed by atoms with Gasteiger partial charge in [0.1, 0.15) is 17.6 Å². The fourth-order valence-corrected chi connectivity index (χ4v) is 6.90. The summed E-state index contributed by atoms with van der Waals surface area (Å²) in [4.78, 5) is 46.7. The molecule has 2 amide bonds. The molecule has 0 radical (unpaired) electrons. The van der Waals surface area contributed by atoms with Gasteiger partial charge in [-0.15, -0.1) is 0 Å². The van der Waals surface area contributed by atoms with Gasteiger partial charge in [-0.25, -0.2) is 9.78 Å².